The summed E-state index contributed by atoms with van der Waals surface area (Å²) in [7, 11) is 1.58. The molecule has 8 heteroatoms. The number of nitrogens with one attached hydrogen (secondary N) is 2. The van der Waals surface area contributed by atoms with Crippen molar-refractivity contribution in [3.8, 4) is 5.75 Å². The molecular formula is C31H45N3O5. The van der Waals surface area contributed by atoms with Crippen LogP contribution in [0.2, 0.25) is 0 Å². The first-order valence-corrected chi connectivity index (χ1v) is 13.7. The predicted molar refractivity (Wildman–Crippen MR) is 155 cm³/mol. The molecule has 2 aromatic rings. The first-order chi connectivity index (χ1) is 18.4. The van der Waals surface area contributed by atoms with Crippen molar-refractivity contribution in [1.82, 2.24) is 10.2 Å². The van der Waals surface area contributed by atoms with Crippen molar-refractivity contribution in [3.05, 3.63) is 59.7 Å². The Morgan fingerprint density at radius 2 is 1.56 bits per heavy atom. The Balaban J connectivity index is 2.48. The summed E-state index contributed by atoms with van der Waals surface area (Å²) in [6.07, 6.45) is 1.23. The second-order valence-electron chi connectivity index (χ2n) is 11.1. The molecule has 0 bridgehead atoms. The highest BCUT2D eigenvalue weighted by molar-refractivity contribution is 5.99. The number of nitrogens with zero attached hydrogens (tertiary/aromatic N) is 1. The van der Waals surface area contributed by atoms with Crippen LogP contribution in [0.4, 0.5) is 10.5 Å². The molecule has 2 rings (SSSR count). The van der Waals surface area contributed by atoms with E-state index in [9.17, 15) is 14.4 Å². The van der Waals surface area contributed by atoms with Gasteiger partial charge in [-0.1, -0.05) is 52.0 Å². The normalized spacial score (nSPS) is 12.8. The fourth-order valence-electron chi connectivity index (χ4n) is 4.24. The maximum absolute atomic E-state index is 14.1. The minimum absolute atomic E-state index is 0.118. The summed E-state index contributed by atoms with van der Waals surface area (Å²) in [4.78, 5) is 42.2. The van der Waals surface area contributed by atoms with E-state index in [-0.39, 0.29) is 17.7 Å². The number of hydrogen-bond acceptors (Lipinski definition) is 5. The average Bonchev–Trinajstić information content (AvgIpc) is 2.87. The lowest BCUT2D eigenvalue weighted by Crippen LogP contribution is -2.53. The van der Waals surface area contributed by atoms with Crippen molar-refractivity contribution in [3.63, 3.8) is 0 Å². The first kappa shape index (κ1) is 31.7. The van der Waals surface area contributed by atoms with E-state index in [1.807, 2.05) is 45.0 Å². The van der Waals surface area contributed by atoms with Gasteiger partial charge < -0.3 is 25.0 Å². The van der Waals surface area contributed by atoms with Gasteiger partial charge in [0.2, 0.25) is 5.91 Å². The molecule has 2 atom stereocenters. The number of carbonyl (C=O) groups is 3. The highest BCUT2D eigenvalue weighted by Crippen LogP contribution is 2.27. The highest BCUT2D eigenvalue weighted by Gasteiger charge is 2.36. The van der Waals surface area contributed by atoms with Gasteiger partial charge in [-0.25, -0.2) is 4.79 Å². The number of alkyl carbamates (subject to hydrolysis) is 1. The Labute approximate surface area is 233 Å². The molecule has 0 fully saturated rings. The van der Waals surface area contributed by atoms with Crippen LogP contribution in [-0.2, 0) is 20.7 Å². The summed E-state index contributed by atoms with van der Waals surface area (Å²) in [5, 5.41) is 5.74. The van der Waals surface area contributed by atoms with Gasteiger partial charge >= 0.3 is 6.09 Å². The van der Waals surface area contributed by atoms with Crippen molar-refractivity contribution in [2.75, 3.05) is 19.0 Å². The van der Waals surface area contributed by atoms with E-state index in [4.69, 9.17) is 9.47 Å². The van der Waals surface area contributed by atoms with E-state index in [1.165, 1.54) is 0 Å². The summed E-state index contributed by atoms with van der Waals surface area (Å²) in [5.41, 5.74) is 1.71. The molecule has 2 unspecified atom stereocenters. The molecule has 0 aromatic heterocycles. The fraction of sp³-hybridized carbons (Fsp3) is 0.516. The lowest BCUT2D eigenvalue weighted by atomic mass is 9.98. The van der Waals surface area contributed by atoms with Crippen molar-refractivity contribution >= 4 is 23.6 Å². The van der Waals surface area contributed by atoms with Crippen LogP contribution in [-0.4, -0.2) is 48.1 Å². The van der Waals surface area contributed by atoms with Crippen LogP contribution in [0.25, 0.3) is 0 Å². The molecule has 0 saturated heterocycles. The molecule has 2 aromatic carbocycles. The van der Waals surface area contributed by atoms with Gasteiger partial charge in [0.25, 0.3) is 5.91 Å². The first-order valence-electron chi connectivity index (χ1n) is 13.7. The number of aryl methyl sites for hydroxylation is 1. The number of hydrogen-bond donors (Lipinski definition) is 2. The van der Waals surface area contributed by atoms with E-state index < -0.39 is 23.8 Å². The number of rotatable bonds is 12. The standard InChI is InChI=1S/C31H45N3O5/c1-9-19-34(29(36)26(20-21(3)4)33-30(37)39-31(5,6)7)27(23-13-11-22(10-2)12-14-23)28(35)32-24-15-17-25(38-8)18-16-24/h11-18,21,26-27H,9-10,19-20H2,1-8H3,(H,32,35)(H,33,37). The Morgan fingerprint density at radius 3 is 2.05 bits per heavy atom. The third-order valence-corrected chi connectivity index (χ3v) is 6.07. The zero-order valence-electron chi connectivity index (χ0n) is 24.7. The largest absolute Gasteiger partial charge is 0.497 e. The molecule has 214 valence electrons. The summed E-state index contributed by atoms with van der Waals surface area (Å²) in [6.45, 7) is 13.6. The maximum atomic E-state index is 14.1. The van der Waals surface area contributed by atoms with E-state index >= 15 is 0 Å². The molecule has 3 amide bonds. The molecule has 0 aliphatic rings. The Hall–Kier alpha value is -3.55. The van der Waals surface area contributed by atoms with Gasteiger partial charge in [0, 0.05) is 12.2 Å². The van der Waals surface area contributed by atoms with Crippen molar-refractivity contribution in [1.29, 1.82) is 0 Å². The van der Waals surface area contributed by atoms with Crippen LogP contribution in [0.5, 0.6) is 5.75 Å². The van der Waals surface area contributed by atoms with Crippen LogP contribution in [0.1, 0.15) is 78.5 Å². The second kappa shape index (κ2) is 14.6. The van der Waals surface area contributed by atoms with Crippen LogP contribution in [0.3, 0.4) is 0 Å². The van der Waals surface area contributed by atoms with Crippen molar-refractivity contribution in [2.45, 2.75) is 85.4 Å². The number of ether oxygens (including phenoxy) is 2. The molecule has 0 spiro atoms. The van der Waals surface area contributed by atoms with Crippen LogP contribution >= 0.6 is 0 Å². The fourth-order valence-corrected chi connectivity index (χ4v) is 4.24. The highest BCUT2D eigenvalue weighted by atomic mass is 16.6. The van der Waals surface area contributed by atoms with Gasteiger partial charge in [-0.05, 0) is 81.3 Å². The van der Waals surface area contributed by atoms with Gasteiger partial charge in [0.05, 0.1) is 7.11 Å². The number of carbonyl (C=O) groups excluding carboxylic acids is 3. The minimum Gasteiger partial charge on any atom is -0.497 e. The number of amides is 3. The van der Waals surface area contributed by atoms with E-state index in [0.717, 1.165) is 12.0 Å². The minimum atomic E-state index is -0.902. The summed E-state index contributed by atoms with van der Waals surface area (Å²) in [5.74, 6) is 0.123. The second-order valence-corrected chi connectivity index (χ2v) is 11.1. The topological polar surface area (TPSA) is 97.0 Å². The zero-order chi connectivity index (χ0) is 29.2. The number of methoxy groups -OCH3 is 1. The Bertz CT molecular complexity index is 1070. The molecule has 0 saturated carbocycles. The smallest absolute Gasteiger partial charge is 0.408 e. The number of benzene rings is 2. The summed E-state index contributed by atoms with van der Waals surface area (Å²) >= 11 is 0. The maximum Gasteiger partial charge on any atom is 0.408 e. The van der Waals surface area contributed by atoms with Gasteiger partial charge in [0.1, 0.15) is 23.4 Å². The van der Waals surface area contributed by atoms with E-state index in [1.54, 1.807) is 57.0 Å². The summed E-state index contributed by atoms with van der Waals surface area (Å²) < 4.78 is 10.7. The lowest BCUT2D eigenvalue weighted by molar-refractivity contribution is -0.141. The molecule has 0 radical (unpaired) electrons. The van der Waals surface area contributed by atoms with E-state index in [0.29, 0.717) is 36.4 Å². The number of anilines is 1. The van der Waals surface area contributed by atoms with Gasteiger partial charge in [-0.3, -0.25) is 9.59 Å². The van der Waals surface area contributed by atoms with Gasteiger partial charge in [-0.2, -0.15) is 0 Å². The Kier molecular flexibility index (Phi) is 11.8. The molecular weight excluding hydrogens is 494 g/mol. The van der Waals surface area contributed by atoms with Crippen molar-refractivity contribution < 1.29 is 23.9 Å². The average molecular weight is 540 g/mol. The summed E-state index contributed by atoms with van der Waals surface area (Å²) in [6, 6.07) is 13.0. The van der Waals surface area contributed by atoms with Crippen molar-refractivity contribution in [2.24, 2.45) is 5.92 Å². The van der Waals surface area contributed by atoms with Crippen LogP contribution in [0, 0.1) is 5.92 Å². The molecule has 0 aliphatic carbocycles. The van der Waals surface area contributed by atoms with Crippen LogP contribution in [0.15, 0.2) is 48.5 Å². The molecule has 0 aliphatic heterocycles. The molecule has 39 heavy (non-hydrogen) atoms. The molecule has 0 heterocycles. The quantitative estimate of drug-likeness (QED) is 0.339. The third kappa shape index (κ3) is 9.93. The van der Waals surface area contributed by atoms with Gasteiger partial charge in [0.15, 0.2) is 0 Å². The molecule has 2 N–H and O–H groups in total. The van der Waals surface area contributed by atoms with E-state index in [2.05, 4.69) is 17.6 Å². The zero-order valence-corrected chi connectivity index (χ0v) is 24.7. The SMILES string of the molecule is CCCN(C(=O)C(CC(C)C)NC(=O)OC(C)(C)C)C(C(=O)Nc1ccc(OC)cc1)c1ccc(CC)cc1. The Morgan fingerprint density at radius 1 is 0.949 bits per heavy atom. The predicted octanol–water partition coefficient (Wildman–Crippen LogP) is 6.12. The third-order valence-electron chi connectivity index (χ3n) is 6.07. The lowest BCUT2D eigenvalue weighted by Gasteiger charge is -2.35. The van der Waals surface area contributed by atoms with Crippen LogP contribution < -0.4 is 15.4 Å². The van der Waals surface area contributed by atoms with Gasteiger partial charge in [-0.15, -0.1) is 0 Å². The monoisotopic (exact) mass is 539 g/mol. The molecule has 8 nitrogen and oxygen atoms in total.